The maximum Gasteiger partial charge on any atom is 0.417 e. The lowest BCUT2D eigenvalue weighted by atomic mass is 10.1. The molecule has 1 aromatic carbocycles. The molecule has 2 rings (SSSR count). The minimum absolute atomic E-state index is 0.0382. The molecule has 4 nitrogen and oxygen atoms in total. The second-order valence-corrected chi connectivity index (χ2v) is 3.35. The fraction of sp³-hybridized carbons (Fsp3) is 0.222. The molecule has 2 aromatic rings. The number of hydrogen-bond donors (Lipinski definition) is 2. The SMILES string of the molecule is O=c1[nH]c2c(Cl)cc(CCO)cc2o1. The van der Waals surface area contributed by atoms with Crippen molar-refractivity contribution in [3.8, 4) is 0 Å². The van der Waals surface area contributed by atoms with E-state index < -0.39 is 5.76 Å². The summed E-state index contributed by atoms with van der Waals surface area (Å²) in [5.41, 5.74) is 1.76. The van der Waals surface area contributed by atoms with E-state index in [4.69, 9.17) is 21.1 Å². The second kappa shape index (κ2) is 3.48. The van der Waals surface area contributed by atoms with E-state index in [1.54, 1.807) is 12.1 Å². The highest BCUT2D eigenvalue weighted by atomic mass is 35.5. The van der Waals surface area contributed by atoms with Crippen molar-refractivity contribution < 1.29 is 9.52 Å². The number of aromatic amines is 1. The van der Waals surface area contributed by atoms with Crippen molar-refractivity contribution in [3.63, 3.8) is 0 Å². The van der Waals surface area contributed by atoms with Gasteiger partial charge in [0, 0.05) is 6.61 Å². The van der Waals surface area contributed by atoms with Crippen LogP contribution in [-0.4, -0.2) is 16.7 Å². The van der Waals surface area contributed by atoms with Gasteiger partial charge in [0.2, 0.25) is 0 Å². The average molecular weight is 214 g/mol. The topological polar surface area (TPSA) is 66.2 Å². The molecule has 0 amide bonds. The Morgan fingerprint density at radius 1 is 1.50 bits per heavy atom. The van der Waals surface area contributed by atoms with Crippen molar-refractivity contribution in [3.05, 3.63) is 33.3 Å². The molecule has 0 bridgehead atoms. The summed E-state index contributed by atoms with van der Waals surface area (Å²) in [7, 11) is 0. The van der Waals surface area contributed by atoms with Crippen LogP contribution in [-0.2, 0) is 6.42 Å². The van der Waals surface area contributed by atoms with Gasteiger partial charge >= 0.3 is 5.76 Å². The van der Waals surface area contributed by atoms with Crippen LogP contribution in [0.2, 0.25) is 5.02 Å². The first-order valence-corrected chi connectivity index (χ1v) is 4.50. The molecule has 0 fully saturated rings. The Kier molecular flexibility index (Phi) is 2.31. The lowest BCUT2D eigenvalue weighted by molar-refractivity contribution is 0.299. The molecule has 0 aliphatic heterocycles. The van der Waals surface area contributed by atoms with Gasteiger partial charge in [-0.15, -0.1) is 0 Å². The monoisotopic (exact) mass is 213 g/mol. The van der Waals surface area contributed by atoms with Crippen LogP contribution >= 0.6 is 11.6 Å². The van der Waals surface area contributed by atoms with Gasteiger partial charge in [-0.25, -0.2) is 4.79 Å². The summed E-state index contributed by atoms with van der Waals surface area (Å²) < 4.78 is 4.86. The number of H-pyrrole nitrogens is 1. The minimum Gasteiger partial charge on any atom is -0.408 e. The third-order valence-corrected chi connectivity index (χ3v) is 2.24. The molecule has 0 unspecified atom stereocenters. The van der Waals surface area contributed by atoms with Crippen molar-refractivity contribution >= 4 is 22.7 Å². The highest BCUT2D eigenvalue weighted by Gasteiger charge is 2.07. The van der Waals surface area contributed by atoms with Crippen LogP contribution in [0.25, 0.3) is 11.1 Å². The summed E-state index contributed by atoms with van der Waals surface area (Å²) in [6, 6.07) is 3.39. The maximum absolute atomic E-state index is 10.9. The quantitative estimate of drug-likeness (QED) is 0.791. The zero-order valence-electron chi connectivity index (χ0n) is 7.21. The standard InChI is InChI=1S/C9H8ClNO3/c10-6-3-5(1-2-12)4-7-8(6)11-9(13)14-7/h3-4,12H,1-2H2,(H,11,13). The molecule has 1 aromatic heterocycles. The van der Waals surface area contributed by atoms with E-state index in [1.807, 2.05) is 0 Å². The molecule has 5 heteroatoms. The Morgan fingerprint density at radius 3 is 3.00 bits per heavy atom. The van der Waals surface area contributed by atoms with E-state index in [2.05, 4.69) is 4.98 Å². The van der Waals surface area contributed by atoms with Crippen LogP contribution in [0.1, 0.15) is 5.56 Å². The molecule has 0 aliphatic carbocycles. The van der Waals surface area contributed by atoms with Crippen molar-refractivity contribution in [2.24, 2.45) is 0 Å². The zero-order chi connectivity index (χ0) is 10.1. The molecule has 0 saturated carbocycles. The van der Waals surface area contributed by atoms with Gasteiger partial charge in [-0.05, 0) is 24.1 Å². The van der Waals surface area contributed by atoms with Crippen molar-refractivity contribution in [1.29, 1.82) is 0 Å². The predicted octanol–water partition coefficient (Wildman–Crippen LogP) is 1.31. The van der Waals surface area contributed by atoms with Crippen molar-refractivity contribution in [2.45, 2.75) is 6.42 Å². The first-order chi connectivity index (χ1) is 6.70. The number of rotatable bonds is 2. The van der Waals surface area contributed by atoms with E-state index in [-0.39, 0.29) is 6.61 Å². The van der Waals surface area contributed by atoms with E-state index in [0.29, 0.717) is 22.5 Å². The van der Waals surface area contributed by atoms with Gasteiger partial charge in [0.05, 0.1) is 5.02 Å². The maximum atomic E-state index is 10.9. The Bertz CT molecular complexity index is 514. The molecular weight excluding hydrogens is 206 g/mol. The smallest absolute Gasteiger partial charge is 0.408 e. The average Bonchev–Trinajstić information content (AvgIpc) is 2.47. The van der Waals surface area contributed by atoms with Gasteiger partial charge < -0.3 is 9.52 Å². The van der Waals surface area contributed by atoms with Gasteiger partial charge in [0.1, 0.15) is 5.52 Å². The van der Waals surface area contributed by atoms with Crippen LogP contribution in [0.4, 0.5) is 0 Å². The highest BCUT2D eigenvalue weighted by Crippen LogP contribution is 2.22. The number of benzene rings is 1. The third-order valence-electron chi connectivity index (χ3n) is 1.94. The van der Waals surface area contributed by atoms with Gasteiger partial charge in [0.25, 0.3) is 0 Å². The Hall–Kier alpha value is -1.26. The summed E-state index contributed by atoms with van der Waals surface area (Å²) in [5, 5.41) is 9.17. The highest BCUT2D eigenvalue weighted by molar-refractivity contribution is 6.34. The molecule has 0 radical (unpaired) electrons. The summed E-state index contributed by atoms with van der Waals surface area (Å²) in [6.45, 7) is 0.0382. The third kappa shape index (κ3) is 1.54. The molecule has 74 valence electrons. The van der Waals surface area contributed by atoms with E-state index in [0.717, 1.165) is 5.56 Å². The number of oxazole rings is 1. The second-order valence-electron chi connectivity index (χ2n) is 2.94. The Morgan fingerprint density at radius 2 is 2.29 bits per heavy atom. The number of aliphatic hydroxyl groups is 1. The lowest BCUT2D eigenvalue weighted by Gasteiger charge is -1.98. The fourth-order valence-electron chi connectivity index (χ4n) is 1.34. The van der Waals surface area contributed by atoms with Gasteiger partial charge in [-0.3, -0.25) is 4.98 Å². The molecular formula is C9H8ClNO3. The number of aliphatic hydroxyl groups excluding tert-OH is 1. The van der Waals surface area contributed by atoms with Crippen LogP contribution in [0, 0.1) is 0 Å². The molecule has 0 spiro atoms. The molecule has 0 saturated heterocycles. The van der Waals surface area contributed by atoms with Gasteiger partial charge in [-0.1, -0.05) is 11.6 Å². The normalized spacial score (nSPS) is 11.0. The van der Waals surface area contributed by atoms with Gasteiger partial charge in [0.15, 0.2) is 5.58 Å². The largest absolute Gasteiger partial charge is 0.417 e. The number of hydrogen-bond acceptors (Lipinski definition) is 3. The van der Waals surface area contributed by atoms with Gasteiger partial charge in [-0.2, -0.15) is 0 Å². The summed E-state index contributed by atoms with van der Waals surface area (Å²) in [5.74, 6) is -0.525. The van der Waals surface area contributed by atoms with Crippen molar-refractivity contribution in [2.75, 3.05) is 6.61 Å². The molecule has 0 aliphatic rings. The number of nitrogens with one attached hydrogen (secondary N) is 1. The fourth-order valence-corrected chi connectivity index (χ4v) is 1.62. The summed E-state index contributed by atoms with van der Waals surface area (Å²) in [6.07, 6.45) is 0.491. The van der Waals surface area contributed by atoms with E-state index in [1.165, 1.54) is 0 Å². The molecule has 2 N–H and O–H groups in total. The molecule has 14 heavy (non-hydrogen) atoms. The summed E-state index contributed by atoms with van der Waals surface area (Å²) >= 11 is 5.90. The Balaban J connectivity index is 2.65. The number of aromatic nitrogens is 1. The number of fused-ring (bicyclic) bond motifs is 1. The van der Waals surface area contributed by atoms with E-state index in [9.17, 15) is 4.79 Å². The summed E-state index contributed by atoms with van der Waals surface area (Å²) in [4.78, 5) is 13.4. The van der Waals surface area contributed by atoms with Crippen LogP contribution in [0.3, 0.4) is 0 Å². The minimum atomic E-state index is -0.525. The zero-order valence-corrected chi connectivity index (χ0v) is 7.97. The van der Waals surface area contributed by atoms with Crippen molar-refractivity contribution in [1.82, 2.24) is 4.98 Å². The van der Waals surface area contributed by atoms with Crippen LogP contribution in [0.5, 0.6) is 0 Å². The first kappa shape index (κ1) is 9.30. The molecule has 1 heterocycles. The molecule has 0 atom stereocenters. The number of halogens is 1. The van der Waals surface area contributed by atoms with Crippen LogP contribution < -0.4 is 5.76 Å². The van der Waals surface area contributed by atoms with Crippen LogP contribution in [0.15, 0.2) is 21.3 Å². The predicted molar refractivity (Wildman–Crippen MR) is 52.6 cm³/mol. The lowest BCUT2D eigenvalue weighted by Crippen LogP contribution is -1.93. The Labute approximate surface area is 84.1 Å². The first-order valence-electron chi connectivity index (χ1n) is 4.13. The van der Waals surface area contributed by atoms with E-state index >= 15 is 0 Å².